The van der Waals surface area contributed by atoms with E-state index in [1.165, 1.54) is 36.0 Å². The lowest BCUT2D eigenvalue weighted by Crippen LogP contribution is -2.59. The van der Waals surface area contributed by atoms with E-state index < -0.39 is 0 Å². The molecular weight excluding hydrogens is 302 g/mol. The van der Waals surface area contributed by atoms with Gasteiger partial charge in [-0.25, -0.2) is 0 Å². The standard InChI is InChI=1S/C24H32N/c1-5-10-19-12-7-8-13-20(19)17-24(25,21-15-16-21)23(3,4)22-14-9-6-11-18(22)2/h6-9,11-14,21H,2,5,10,15-17,25H2,1,3-4H3. The van der Waals surface area contributed by atoms with E-state index in [2.05, 4.69) is 76.2 Å². The third kappa shape index (κ3) is 3.40. The maximum Gasteiger partial charge on any atom is 0.0316 e. The average molecular weight is 335 g/mol. The van der Waals surface area contributed by atoms with Gasteiger partial charge in [-0.3, -0.25) is 0 Å². The van der Waals surface area contributed by atoms with Crippen molar-refractivity contribution >= 4 is 0 Å². The van der Waals surface area contributed by atoms with E-state index in [1.54, 1.807) is 0 Å². The van der Waals surface area contributed by atoms with E-state index in [0.717, 1.165) is 18.4 Å². The van der Waals surface area contributed by atoms with E-state index in [9.17, 15) is 0 Å². The van der Waals surface area contributed by atoms with Gasteiger partial charge in [0.2, 0.25) is 0 Å². The topological polar surface area (TPSA) is 26.0 Å². The van der Waals surface area contributed by atoms with Crippen molar-refractivity contribution in [3.8, 4) is 0 Å². The fourth-order valence-corrected chi connectivity index (χ4v) is 4.41. The lowest BCUT2D eigenvalue weighted by atomic mass is 9.62. The Morgan fingerprint density at radius 2 is 1.60 bits per heavy atom. The van der Waals surface area contributed by atoms with E-state index in [4.69, 9.17) is 5.73 Å². The molecule has 0 aliphatic heterocycles. The van der Waals surface area contributed by atoms with Crippen LogP contribution in [0.15, 0.2) is 48.5 Å². The largest absolute Gasteiger partial charge is 0.324 e. The Morgan fingerprint density at radius 3 is 2.20 bits per heavy atom. The van der Waals surface area contributed by atoms with Gasteiger partial charge in [0.15, 0.2) is 0 Å². The van der Waals surface area contributed by atoms with Crippen molar-refractivity contribution in [2.45, 2.75) is 63.8 Å². The molecule has 2 N–H and O–H groups in total. The predicted molar refractivity (Wildman–Crippen MR) is 108 cm³/mol. The first kappa shape index (κ1) is 18.2. The van der Waals surface area contributed by atoms with Gasteiger partial charge in [-0.05, 0) is 60.8 Å². The van der Waals surface area contributed by atoms with Crippen LogP contribution in [0.2, 0.25) is 0 Å². The van der Waals surface area contributed by atoms with Crippen LogP contribution < -0.4 is 5.73 Å². The number of aryl methyl sites for hydroxylation is 1. The van der Waals surface area contributed by atoms with Gasteiger partial charge in [0.05, 0.1) is 0 Å². The minimum absolute atomic E-state index is 0.119. The van der Waals surface area contributed by atoms with Crippen molar-refractivity contribution < 1.29 is 0 Å². The Hall–Kier alpha value is -1.60. The summed E-state index contributed by atoms with van der Waals surface area (Å²) >= 11 is 0. The van der Waals surface area contributed by atoms with Crippen molar-refractivity contribution in [1.29, 1.82) is 0 Å². The molecular formula is C24H32N. The second-order valence-corrected chi connectivity index (χ2v) is 8.29. The van der Waals surface area contributed by atoms with Crippen LogP contribution in [0.1, 0.15) is 62.3 Å². The number of rotatable bonds is 7. The quantitative estimate of drug-likeness (QED) is 0.716. The highest BCUT2D eigenvalue weighted by molar-refractivity contribution is 5.41. The van der Waals surface area contributed by atoms with E-state index in [1.807, 2.05) is 0 Å². The summed E-state index contributed by atoms with van der Waals surface area (Å²) in [6.07, 6.45) is 5.73. The monoisotopic (exact) mass is 334 g/mol. The minimum atomic E-state index is -0.245. The first-order valence-electron chi connectivity index (χ1n) is 9.67. The first-order chi connectivity index (χ1) is 11.9. The summed E-state index contributed by atoms with van der Waals surface area (Å²) in [5.41, 5.74) is 12.2. The number of hydrogen-bond donors (Lipinski definition) is 1. The van der Waals surface area contributed by atoms with Gasteiger partial charge in [0, 0.05) is 11.0 Å². The molecule has 0 saturated heterocycles. The molecule has 0 bridgehead atoms. The normalized spacial score (nSPS) is 17.3. The van der Waals surface area contributed by atoms with E-state index >= 15 is 0 Å². The maximum absolute atomic E-state index is 7.25. The van der Waals surface area contributed by atoms with Crippen LogP contribution >= 0.6 is 0 Å². The third-order valence-electron chi connectivity index (χ3n) is 6.28. The lowest BCUT2D eigenvalue weighted by Gasteiger charge is -2.46. The zero-order valence-corrected chi connectivity index (χ0v) is 16.0. The lowest BCUT2D eigenvalue weighted by molar-refractivity contribution is 0.217. The van der Waals surface area contributed by atoms with Gasteiger partial charge in [0.1, 0.15) is 0 Å². The highest BCUT2D eigenvalue weighted by Gasteiger charge is 2.52. The molecule has 3 rings (SSSR count). The van der Waals surface area contributed by atoms with Gasteiger partial charge in [-0.15, -0.1) is 0 Å². The first-order valence-corrected chi connectivity index (χ1v) is 9.67. The van der Waals surface area contributed by atoms with Gasteiger partial charge in [-0.1, -0.05) is 75.7 Å². The van der Waals surface area contributed by atoms with Crippen molar-refractivity contribution in [1.82, 2.24) is 0 Å². The van der Waals surface area contributed by atoms with Crippen LogP contribution in [0.5, 0.6) is 0 Å². The Kier molecular flexibility index (Phi) is 5.06. The molecule has 1 saturated carbocycles. The molecule has 1 heteroatoms. The molecule has 1 radical (unpaired) electrons. The molecule has 1 atom stereocenters. The van der Waals surface area contributed by atoms with Crippen LogP contribution in [0.4, 0.5) is 0 Å². The minimum Gasteiger partial charge on any atom is -0.324 e. The Labute approximate surface area is 153 Å². The predicted octanol–water partition coefficient (Wildman–Crippen LogP) is 5.45. The molecule has 133 valence electrons. The number of benzene rings is 2. The van der Waals surface area contributed by atoms with E-state index in [-0.39, 0.29) is 11.0 Å². The SMILES string of the molecule is [CH2]c1ccccc1C(C)(C)C(N)(Cc1ccccc1CCC)C1CC1. The van der Waals surface area contributed by atoms with Gasteiger partial charge < -0.3 is 5.73 Å². The molecule has 1 aliphatic carbocycles. The molecule has 2 aromatic carbocycles. The van der Waals surface area contributed by atoms with Crippen LogP contribution in [-0.2, 0) is 18.3 Å². The Morgan fingerprint density at radius 1 is 1.00 bits per heavy atom. The molecule has 0 amide bonds. The van der Waals surface area contributed by atoms with Crippen molar-refractivity contribution in [2.24, 2.45) is 11.7 Å². The summed E-state index contributed by atoms with van der Waals surface area (Å²) in [6, 6.07) is 17.4. The summed E-state index contributed by atoms with van der Waals surface area (Å²) in [5.74, 6) is 0.594. The summed E-state index contributed by atoms with van der Waals surface area (Å²) in [5, 5.41) is 0. The van der Waals surface area contributed by atoms with Crippen LogP contribution in [0, 0.1) is 12.8 Å². The van der Waals surface area contributed by atoms with Crippen LogP contribution in [0.3, 0.4) is 0 Å². The van der Waals surface area contributed by atoms with Crippen molar-refractivity contribution in [2.75, 3.05) is 0 Å². The number of nitrogens with two attached hydrogens (primary N) is 1. The fraction of sp³-hybridized carbons (Fsp3) is 0.458. The van der Waals surface area contributed by atoms with Crippen LogP contribution in [0.25, 0.3) is 0 Å². The third-order valence-corrected chi connectivity index (χ3v) is 6.28. The molecule has 2 aromatic rings. The zero-order valence-electron chi connectivity index (χ0n) is 16.0. The fourth-order valence-electron chi connectivity index (χ4n) is 4.41. The molecule has 1 unspecified atom stereocenters. The highest BCUT2D eigenvalue weighted by Crippen LogP contribution is 2.50. The maximum atomic E-state index is 7.25. The summed E-state index contributed by atoms with van der Waals surface area (Å²) < 4.78 is 0. The molecule has 1 nitrogen and oxygen atoms in total. The zero-order chi connectivity index (χ0) is 18.1. The smallest absolute Gasteiger partial charge is 0.0316 e. The molecule has 25 heavy (non-hydrogen) atoms. The van der Waals surface area contributed by atoms with Gasteiger partial charge in [0.25, 0.3) is 0 Å². The number of hydrogen-bond acceptors (Lipinski definition) is 1. The summed E-state index contributed by atoms with van der Waals surface area (Å²) in [4.78, 5) is 0. The molecule has 0 heterocycles. The molecule has 0 spiro atoms. The second kappa shape index (κ2) is 6.96. The highest BCUT2D eigenvalue weighted by atomic mass is 14.8. The molecule has 1 fully saturated rings. The van der Waals surface area contributed by atoms with Crippen molar-refractivity contribution in [3.63, 3.8) is 0 Å². The van der Waals surface area contributed by atoms with Gasteiger partial charge in [-0.2, -0.15) is 0 Å². The summed E-state index contributed by atoms with van der Waals surface area (Å²) in [6.45, 7) is 11.2. The molecule has 1 aliphatic rings. The van der Waals surface area contributed by atoms with E-state index in [0.29, 0.717) is 5.92 Å². The van der Waals surface area contributed by atoms with Crippen LogP contribution in [-0.4, -0.2) is 5.54 Å². The summed E-state index contributed by atoms with van der Waals surface area (Å²) in [7, 11) is 0. The van der Waals surface area contributed by atoms with Gasteiger partial charge >= 0.3 is 0 Å². The van der Waals surface area contributed by atoms with Crippen molar-refractivity contribution in [3.05, 3.63) is 77.7 Å². The Bertz CT molecular complexity index is 726. The molecule has 0 aromatic heterocycles. The Balaban J connectivity index is 2.01. The average Bonchev–Trinajstić information content (AvgIpc) is 3.42. The second-order valence-electron chi connectivity index (χ2n) is 8.29.